The van der Waals surface area contributed by atoms with Crippen LogP contribution in [-0.4, -0.2) is 29.8 Å². The fourth-order valence-corrected chi connectivity index (χ4v) is 2.78. The van der Waals surface area contributed by atoms with Crippen LogP contribution in [0.2, 0.25) is 0 Å². The van der Waals surface area contributed by atoms with Gasteiger partial charge in [-0.2, -0.15) is 0 Å². The number of thiophene rings is 1. The maximum absolute atomic E-state index is 12.0. The highest BCUT2D eigenvalue weighted by molar-refractivity contribution is 7.10. The molecule has 0 aromatic carbocycles. The third-order valence-corrected chi connectivity index (χ3v) is 4.43. The number of alkyl halides is 1. The average molecular weight is 244 g/mol. The number of carbonyl (C=O) groups is 1. The van der Waals surface area contributed by atoms with Crippen molar-refractivity contribution in [3.05, 3.63) is 21.4 Å². The second-order valence-corrected chi connectivity index (χ2v) is 5.45. The summed E-state index contributed by atoms with van der Waals surface area (Å²) in [6.45, 7) is 5.69. The molecule has 1 aromatic rings. The lowest BCUT2D eigenvalue weighted by Crippen LogP contribution is -2.50. The number of hydrogen-bond donors (Lipinski definition) is 0. The van der Waals surface area contributed by atoms with E-state index in [1.165, 1.54) is 4.88 Å². The molecule has 0 atom stereocenters. The minimum atomic E-state index is 0.165. The van der Waals surface area contributed by atoms with Crippen LogP contribution >= 0.6 is 22.9 Å². The van der Waals surface area contributed by atoms with Crippen LogP contribution in [0.1, 0.15) is 20.8 Å². The lowest BCUT2D eigenvalue weighted by Gasteiger charge is -2.38. The summed E-state index contributed by atoms with van der Waals surface area (Å²) in [6.07, 6.45) is 0. The SMILES string of the molecule is Cc1scc(C(=O)N2CC(CCl)C2)c1C. The third-order valence-electron chi connectivity index (χ3n) is 2.98. The van der Waals surface area contributed by atoms with E-state index in [1.54, 1.807) is 11.3 Å². The monoisotopic (exact) mass is 243 g/mol. The minimum Gasteiger partial charge on any atom is -0.338 e. The summed E-state index contributed by atoms with van der Waals surface area (Å²) in [4.78, 5) is 15.1. The Hall–Kier alpha value is -0.540. The smallest absolute Gasteiger partial charge is 0.254 e. The first kappa shape index (κ1) is 11.0. The van der Waals surface area contributed by atoms with Crippen LogP contribution in [0.3, 0.4) is 0 Å². The Bertz CT molecular complexity index is 382. The number of hydrogen-bond acceptors (Lipinski definition) is 2. The van der Waals surface area contributed by atoms with Crippen molar-refractivity contribution in [2.45, 2.75) is 13.8 Å². The van der Waals surface area contributed by atoms with Gasteiger partial charge >= 0.3 is 0 Å². The van der Waals surface area contributed by atoms with Crippen molar-refractivity contribution in [2.24, 2.45) is 5.92 Å². The Morgan fingerprint density at radius 3 is 2.73 bits per heavy atom. The van der Waals surface area contributed by atoms with Crippen molar-refractivity contribution in [1.82, 2.24) is 4.90 Å². The summed E-state index contributed by atoms with van der Waals surface area (Å²) in [5, 5.41) is 1.96. The number of halogens is 1. The van der Waals surface area contributed by atoms with Crippen LogP contribution < -0.4 is 0 Å². The van der Waals surface area contributed by atoms with Crippen molar-refractivity contribution < 1.29 is 4.79 Å². The molecule has 4 heteroatoms. The van der Waals surface area contributed by atoms with Crippen LogP contribution in [0.4, 0.5) is 0 Å². The van der Waals surface area contributed by atoms with Crippen LogP contribution in [0.5, 0.6) is 0 Å². The molecule has 1 aliphatic rings. The highest BCUT2D eigenvalue weighted by Gasteiger charge is 2.31. The van der Waals surface area contributed by atoms with E-state index in [0.29, 0.717) is 11.8 Å². The fraction of sp³-hybridized carbons (Fsp3) is 0.545. The van der Waals surface area contributed by atoms with Crippen LogP contribution in [0.25, 0.3) is 0 Å². The van der Waals surface area contributed by atoms with Gasteiger partial charge in [0.1, 0.15) is 0 Å². The van der Waals surface area contributed by atoms with Crippen molar-refractivity contribution in [3.8, 4) is 0 Å². The zero-order valence-corrected chi connectivity index (χ0v) is 10.5. The Kier molecular flexibility index (Phi) is 3.03. The Balaban J connectivity index is 2.07. The van der Waals surface area contributed by atoms with E-state index in [-0.39, 0.29) is 5.91 Å². The van der Waals surface area contributed by atoms with Gasteiger partial charge in [0.05, 0.1) is 5.56 Å². The molecule has 0 saturated carbocycles. The minimum absolute atomic E-state index is 0.165. The van der Waals surface area contributed by atoms with E-state index in [4.69, 9.17) is 11.6 Å². The Morgan fingerprint density at radius 2 is 2.27 bits per heavy atom. The van der Waals surface area contributed by atoms with E-state index >= 15 is 0 Å². The normalized spacial score (nSPS) is 16.6. The van der Waals surface area contributed by atoms with Gasteiger partial charge in [-0.3, -0.25) is 4.79 Å². The number of amides is 1. The lowest BCUT2D eigenvalue weighted by atomic mass is 10.0. The predicted molar refractivity (Wildman–Crippen MR) is 63.9 cm³/mol. The van der Waals surface area contributed by atoms with Gasteiger partial charge in [0.15, 0.2) is 0 Å². The largest absolute Gasteiger partial charge is 0.338 e. The summed E-state index contributed by atoms with van der Waals surface area (Å²) >= 11 is 7.36. The van der Waals surface area contributed by atoms with Gasteiger partial charge in [-0.05, 0) is 19.4 Å². The molecule has 0 N–H and O–H groups in total. The zero-order chi connectivity index (χ0) is 11.0. The Morgan fingerprint density at radius 1 is 1.60 bits per heavy atom. The van der Waals surface area contributed by atoms with Crippen LogP contribution in [0.15, 0.2) is 5.38 Å². The molecular formula is C11H14ClNOS. The maximum atomic E-state index is 12.0. The summed E-state index contributed by atoms with van der Waals surface area (Å²) in [5.74, 6) is 1.32. The lowest BCUT2D eigenvalue weighted by molar-refractivity contribution is 0.0535. The van der Waals surface area contributed by atoms with E-state index in [0.717, 1.165) is 24.2 Å². The van der Waals surface area contributed by atoms with E-state index in [9.17, 15) is 4.79 Å². The molecule has 0 bridgehead atoms. The number of nitrogens with zero attached hydrogens (tertiary/aromatic N) is 1. The molecule has 0 aliphatic carbocycles. The molecule has 82 valence electrons. The van der Waals surface area contributed by atoms with Crippen molar-refractivity contribution in [3.63, 3.8) is 0 Å². The number of rotatable bonds is 2. The fourth-order valence-electron chi connectivity index (χ4n) is 1.73. The molecule has 1 aliphatic heterocycles. The van der Waals surface area contributed by atoms with Gasteiger partial charge in [0.25, 0.3) is 5.91 Å². The second-order valence-electron chi connectivity index (χ2n) is 4.06. The molecule has 1 fully saturated rings. The highest BCUT2D eigenvalue weighted by atomic mass is 35.5. The van der Waals surface area contributed by atoms with Gasteiger partial charge in [-0.25, -0.2) is 0 Å². The maximum Gasteiger partial charge on any atom is 0.254 e. The number of aryl methyl sites for hydroxylation is 1. The average Bonchev–Trinajstić information content (AvgIpc) is 2.46. The predicted octanol–water partition coefficient (Wildman–Crippen LogP) is 2.68. The first-order valence-electron chi connectivity index (χ1n) is 5.03. The number of likely N-dealkylation sites (tertiary alicyclic amines) is 1. The molecule has 0 radical (unpaired) electrons. The molecule has 2 nitrogen and oxygen atoms in total. The third kappa shape index (κ3) is 1.91. The molecule has 0 unspecified atom stereocenters. The van der Waals surface area contributed by atoms with Crippen molar-refractivity contribution >= 4 is 28.8 Å². The first-order valence-corrected chi connectivity index (χ1v) is 6.44. The molecular weight excluding hydrogens is 230 g/mol. The Labute approximate surface area is 98.8 Å². The number of carbonyl (C=O) groups excluding carboxylic acids is 1. The van der Waals surface area contributed by atoms with Gasteiger partial charge in [0.2, 0.25) is 0 Å². The van der Waals surface area contributed by atoms with Gasteiger partial charge < -0.3 is 4.90 Å². The van der Waals surface area contributed by atoms with Gasteiger partial charge in [0, 0.05) is 35.1 Å². The molecule has 15 heavy (non-hydrogen) atoms. The zero-order valence-electron chi connectivity index (χ0n) is 8.92. The molecule has 0 spiro atoms. The molecule has 2 rings (SSSR count). The van der Waals surface area contributed by atoms with Crippen LogP contribution in [-0.2, 0) is 0 Å². The summed E-state index contributed by atoms with van der Waals surface area (Å²) < 4.78 is 0. The van der Waals surface area contributed by atoms with Gasteiger partial charge in [-0.15, -0.1) is 22.9 Å². The van der Waals surface area contributed by atoms with E-state index < -0.39 is 0 Å². The quantitative estimate of drug-likeness (QED) is 0.732. The standard InChI is InChI=1S/C11H14ClNOS/c1-7-8(2)15-6-10(7)11(14)13-4-9(3-12)5-13/h6,9H,3-5H2,1-2H3. The van der Waals surface area contributed by atoms with Crippen LogP contribution in [0, 0.1) is 19.8 Å². The van der Waals surface area contributed by atoms with E-state index in [1.807, 2.05) is 17.2 Å². The summed E-state index contributed by atoms with van der Waals surface area (Å²) in [7, 11) is 0. The molecule has 1 aromatic heterocycles. The first-order chi connectivity index (χ1) is 7.13. The molecule has 2 heterocycles. The molecule has 1 amide bonds. The van der Waals surface area contributed by atoms with Gasteiger partial charge in [-0.1, -0.05) is 0 Å². The second kappa shape index (κ2) is 4.14. The van der Waals surface area contributed by atoms with Crippen molar-refractivity contribution in [2.75, 3.05) is 19.0 Å². The summed E-state index contributed by atoms with van der Waals surface area (Å²) in [5.41, 5.74) is 1.99. The summed E-state index contributed by atoms with van der Waals surface area (Å²) in [6, 6.07) is 0. The van der Waals surface area contributed by atoms with Crippen molar-refractivity contribution in [1.29, 1.82) is 0 Å². The topological polar surface area (TPSA) is 20.3 Å². The van der Waals surface area contributed by atoms with E-state index in [2.05, 4.69) is 6.92 Å². The molecule has 1 saturated heterocycles. The highest BCUT2D eigenvalue weighted by Crippen LogP contribution is 2.25.